The highest BCUT2D eigenvalue weighted by molar-refractivity contribution is 5.80. The second-order valence-electron chi connectivity index (χ2n) is 11.4. The summed E-state index contributed by atoms with van der Waals surface area (Å²) >= 11 is 0. The van der Waals surface area contributed by atoms with E-state index in [-0.39, 0.29) is 5.92 Å². The first-order valence-corrected chi connectivity index (χ1v) is 15.6. The molecule has 2 atom stereocenters. The molecule has 0 aromatic heterocycles. The van der Waals surface area contributed by atoms with Crippen LogP contribution in [0.1, 0.15) is 45.5 Å². The average molecular weight is 632 g/mol. The highest BCUT2D eigenvalue weighted by atomic mass is 16.5. The van der Waals surface area contributed by atoms with E-state index < -0.39 is 12.3 Å². The van der Waals surface area contributed by atoms with E-state index in [4.69, 9.17) is 18.9 Å². The van der Waals surface area contributed by atoms with E-state index in [0.29, 0.717) is 36.8 Å². The molecule has 0 saturated heterocycles. The van der Waals surface area contributed by atoms with Crippen LogP contribution in [0.25, 0.3) is 0 Å². The Kier molecular flexibility index (Phi) is 11.6. The normalized spacial score (nSPS) is 12.4. The third-order valence-corrected chi connectivity index (χ3v) is 8.06. The van der Waals surface area contributed by atoms with Gasteiger partial charge in [-0.05, 0) is 71.6 Å². The molecule has 1 N–H and O–H groups in total. The summed E-state index contributed by atoms with van der Waals surface area (Å²) < 4.78 is 23.4. The lowest BCUT2D eigenvalue weighted by Gasteiger charge is -2.36. The molecule has 0 fully saturated rings. The van der Waals surface area contributed by atoms with Crippen LogP contribution < -0.4 is 18.9 Å². The van der Waals surface area contributed by atoms with Crippen LogP contribution in [-0.4, -0.2) is 49.4 Å². The monoisotopic (exact) mass is 631 g/mol. The van der Waals surface area contributed by atoms with Crippen molar-refractivity contribution in [2.24, 2.45) is 0 Å². The zero-order valence-corrected chi connectivity index (χ0v) is 27.0. The number of benzene rings is 5. The van der Waals surface area contributed by atoms with Crippen molar-refractivity contribution in [1.29, 1.82) is 0 Å². The summed E-state index contributed by atoms with van der Waals surface area (Å²) in [6, 6.07) is 41.1. The van der Waals surface area contributed by atoms with Crippen molar-refractivity contribution >= 4 is 6.29 Å². The molecule has 0 aliphatic carbocycles. The molecule has 242 valence electrons. The van der Waals surface area contributed by atoms with E-state index in [2.05, 4.69) is 41.3 Å². The molecule has 0 aliphatic rings. The number of aliphatic hydroxyl groups is 1. The Labute approximate surface area is 276 Å². The standard InChI is InChI=1S/C40H41NO6/c1-29(43)40(47-37-22-23-39(34(24-37)27-42)46-28-31-12-8-5-9-13-31)41(25-30-10-6-4-7-11-30)26-38(32-14-18-35(44-2)19-15-32)33-16-20-36(45-3)21-17-33/h4-24,27,29,38,40,43H,25-26,28H2,1-3H3. The quantitative estimate of drug-likeness (QED) is 0.0892. The Morgan fingerprint density at radius 3 is 1.74 bits per heavy atom. The fraction of sp³-hybridized carbons (Fsp3) is 0.225. The molecule has 7 heteroatoms. The van der Waals surface area contributed by atoms with Gasteiger partial charge in [-0.1, -0.05) is 84.9 Å². The highest BCUT2D eigenvalue weighted by Gasteiger charge is 2.30. The van der Waals surface area contributed by atoms with E-state index in [1.807, 2.05) is 72.8 Å². The molecule has 0 saturated carbocycles. The number of carbonyl (C=O) groups is 1. The van der Waals surface area contributed by atoms with Gasteiger partial charge in [0.25, 0.3) is 0 Å². The number of hydrogen-bond acceptors (Lipinski definition) is 7. The molecule has 0 amide bonds. The third-order valence-electron chi connectivity index (χ3n) is 8.06. The van der Waals surface area contributed by atoms with Gasteiger partial charge in [0.1, 0.15) is 35.7 Å². The van der Waals surface area contributed by atoms with Gasteiger partial charge in [-0.25, -0.2) is 0 Å². The molecule has 5 rings (SSSR count). The van der Waals surface area contributed by atoms with Crippen LogP contribution in [0.3, 0.4) is 0 Å². The van der Waals surface area contributed by atoms with Gasteiger partial charge in [-0.2, -0.15) is 0 Å². The van der Waals surface area contributed by atoms with Gasteiger partial charge in [0.2, 0.25) is 0 Å². The van der Waals surface area contributed by atoms with Crippen molar-refractivity contribution in [3.05, 3.63) is 155 Å². The summed E-state index contributed by atoms with van der Waals surface area (Å²) in [6.07, 6.45) is -0.861. The molecule has 0 bridgehead atoms. The number of carbonyl (C=O) groups excluding carboxylic acids is 1. The Morgan fingerprint density at radius 2 is 1.23 bits per heavy atom. The molecule has 0 aliphatic heterocycles. The lowest BCUT2D eigenvalue weighted by atomic mass is 9.90. The number of aldehydes is 1. The largest absolute Gasteiger partial charge is 0.497 e. The second kappa shape index (κ2) is 16.5. The minimum absolute atomic E-state index is 0.0836. The van der Waals surface area contributed by atoms with Crippen molar-refractivity contribution in [3.8, 4) is 23.0 Å². The van der Waals surface area contributed by atoms with Gasteiger partial charge >= 0.3 is 0 Å². The van der Waals surface area contributed by atoms with Crippen LogP contribution >= 0.6 is 0 Å². The van der Waals surface area contributed by atoms with Crippen LogP contribution in [0.2, 0.25) is 0 Å². The minimum atomic E-state index is -0.875. The number of rotatable bonds is 16. The Hall–Kier alpha value is -5.11. The minimum Gasteiger partial charge on any atom is -0.497 e. The van der Waals surface area contributed by atoms with E-state index in [1.165, 1.54) is 0 Å². The fourth-order valence-corrected chi connectivity index (χ4v) is 5.56. The molecule has 0 heterocycles. The molecule has 5 aromatic rings. The summed E-state index contributed by atoms with van der Waals surface area (Å²) in [4.78, 5) is 14.3. The zero-order valence-electron chi connectivity index (χ0n) is 27.0. The van der Waals surface area contributed by atoms with E-state index in [1.54, 1.807) is 39.3 Å². The summed E-state index contributed by atoms with van der Waals surface area (Å²) in [7, 11) is 3.31. The topological polar surface area (TPSA) is 77.5 Å². The molecule has 47 heavy (non-hydrogen) atoms. The maximum absolute atomic E-state index is 12.1. The Bertz CT molecular complexity index is 1630. The smallest absolute Gasteiger partial charge is 0.178 e. The fourth-order valence-electron chi connectivity index (χ4n) is 5.56. The maximum atomic E-state index is 12.1. The van der Waals surface area contributed by atoms with Crippen LogP contribution in [0.5, 0.6) is 23.0 Å². The number of methoxy groups -OCH3 is 2. The lowest BCUT2D eigenvalue weighted by molar-refractivity contribution is -0.0638. The van der Waals surface area contributed by atoms with Gasteiger partial charge in [0.15, 0.2) is 12.5 Å². The molecule has 0 spiro atoms. The van der Waals surface area contributed by atoms with E-state index in [9.17, 15) is 9.90 Å². The van der Waals surface area contributed by atoms with Crippen LogP contribution in [0.4, 0.5) is 0 Å². The SMILES string of the molecule is COc1ccc(C(CN(Cc2ccccc2)C(Oc2ccc(OCc3ccccc3)c(C=O)c2)C(C)O)c2ccc(OC)cc2)cc1. The first-order valence-electron chi connectivity index (χ1n) is 15.6. The molecule has 2 unspecified atom stereocenters. The number of hydrogen-bond donors (Lipinski definition) is 1. The van der Waals surface area contributed by atoms with Gasteiger partial charge in [0, 0.05) is 19.0 Å². The van der Waals surface area contributed by atoms with Crippen molar-refractivity contribution in [1.82, 2.24) is 4.90 Å². The van der Waals surface area contributed by atoms with Crippen molar-refractivity contribution in [3.63, 3.8) is 0 Å². The van der Waals surface area contributed by atoms with E-state index >= 15 is 0 Å². The van der Waals surface area contributed by atoms with Gasteiger partial charge in [0.05, 0.1) is 19.8 Å². The lowest BCUT2D eigenvalue weighted by Crippen LogP contribution is -2.48. The van der Waals surface area contributed by atoms with Crippen molar-refractivity contribution < 1.29 is 28.8 Å². The molecule has 7 nitrogen and oxygen atoms in total. The van der Waals surface area contributed by atoms with Gasteiger partial charge < -0.3 is 24.1 Å². The molecule has 0 radical (unpaired) electrons. The van der Waals surface area contributed by atoms with Gasteiger partial charge in [-0.15, -0.1) is 0 Å². The van der Waals surface area contributed by atoms with Crippen LogP contribution in [-0.2, 0) is 13.2 Å². The van der Waals surface area contributed by atoms with Gasteiger partial charge in [-0.3, -0.25) is 9.69 Å². The third kappa shape index (κ3) is 9.00. The summed E-state index contributed by atoms with van der Waals surface area (Å²) in [5.74, 6) is 2.38. The average Bonchev–Trinajstić information content (AvgIpc) is 3.12. The summed E-state index contributed by atoms with van der Waals surface area (Å²) in [6.45, 7) is 3.08. The molecular weight excluding hydrogens is 590 g/mol. The van der Waals surface area contributed by atoms with Crippen LogP contribution in [0.15, 0.2) is 127 Å². The van der Waals surface area contributed by atoms with Crippen molar-refractivity contribution in [2.45, 2.75) is 38.3 Å². The summed E-state index contributed by atoms with van der Waals surface area (Å²) in [5.41, 5.74) is 4.61. The summed E-state index contributed by atoms with van der Waals surface area (Å²) in [5, 5.41) is 11.2. The molecular formula is C40H41NO6. The number of ether oxygens (including phenoxy) is 4. The second-order valence-corrected chi connectivity index (χ2v) is 11.4. The molecule has 5 aromatic carbocycles. The van der Waals surface area contributed by atoms with E-state index in [0.717, 1.165) is 40.0 Å². The Balaban J connectivity index is 1.47. The Morgan fingerprint density at radius 1 is 0.702 bits per heavy atom. The predicted octanol–water partition coefficient (Wildman–Crippen LogP) is 7.52. The first-order chi connectivity index (χ1) is 23.0. The first kappa shape index (κ1) is 33.3. The predicted molar refractivity (Wildman–Crippen MR) is 183 cm³/mol. The maximum Gasteiger partial charge on any atom is 0.178 e. The zero-order chi connectivity index (χ0) is 33.0. The highest BCUT2D eigenvalue weighted by Crippen LogP contribution is 2.32. The number of nitrogens with zero attached hydrogens (tertiary/aromatic N) is 1. The van der Waals surface area contributed by atoms with Crippen molar-refractivity contribution in [2.75, 3.05) is 20.8 Å². The van der Waals surface area contributed by atoms with Crippen LogP contribution in [0, 0.1) is 0 Å². The number of aliphatic hydroxyl groups excluding tert-OH is 1.